The van der Waals surface area contributed by atoms with Crippen molar-refractivity contribution in [2.75, 3.05) is 5.32 Å². The molecular formula is C17H16N2O4S. The van der Waals surface area contributed by atoms with Gasteiger partial charge in [0.25, 0.3) is 11.8 Å². The number of amides is 2. The predicted molar refractivity (Wildman–Crippen MR) is 90.3 cm³/mol. The molecule has 0 aliphatic carbocycles. The highest BCUT2D eigenvalue weighted by atomic mass is 32.1. The van der Waals surface area contributed by atoms with Crippen LogP contribution in [0, 0.1) is 6.92 Å². The number of thiophene rings is 1. The topological polar surface area (TPSA) is 84.5 Å². The molecule has 0 saturated heterocycles. The Morgan fingerprint density at radius 1 is 1.12 bits per heavy atom. The maximum Gasteiger partial charge on any atom is 0.291 e. The van der Waals surface area contributed by atoms with Crippen LogP contribution in [0.2, 0.25) is 0 Å². The fraction of sp³-hybridized carbons (Fsp3) is 0.176. The normalized spacial score (nSPS) is 11.9. The first kappa shape index (κ1) is 16.1. The number of carbonyl (C=O) groups is 2. The number of anilines is 1. The van der Waals surface area contributed by atoms with E-state index in [-0.39, 0.29) is 23.6 Å². The summed E-state index contributed by atoms with van der Waals surface area (Å²) in [5, 5.41) is 6.13. The van der Waals surface area contributed by atoms with E-state index in [1.54, 1.807) is 24.3 Å². The molecule has 0 aromatic carbocycles. The summed E-state index contributed by atoms with van der Waals surface area (Å²) in [5.74, 6) is 1.14. The van der Waals surface area contributed by atoms with E-state index < -0.39 is 0 Å². The molecule has 0 aliphatic rings. The van der Waals surface area contributed by atoms with Crippen molar-refractivity contribution in [3.63, 3.8) is 0 Å². The van der Waals surface area contributed by atoms with Gasteiger partial charge in [0.2, 0.25) is 0 Å². The Morgan fingerprint density at radius 2 is 1.96 bits per heavy atom. The first-order chi connectivity index (χ1) is 11.5. The molecule has 3 aromatic heterocycles. The lowest BCUT2D eigenvalue weighted by atomic mass is 10.2. The van der Waals surface area contributed by atoms with Crippen molar-refractivity contribution in [1.29, 1.82) is 0 Å². The first-order valence-corrected chi connectivity index (χ1v) is 8.16. The van der Waals surface area contributed by atoms with Crippen LogP contribution in [0.1, 0.15) is 44.7 Å². The van der Waals surface area contributed by atoms with Gasteiger partial charge in [0.15, 0.2) is 5.76 Å². The van der Waals surface area contributed by atoms with Gasteiger partial charge in [-0.15, -0.1) is 11.3 Å². The van der Waals surface area contributed by atoms with Crippen molar-refractivity contribution < 1.29 is 18.4 Å². The maximum atomic E-state index is 12.3. The van der Waals surface area contributed by atoms with E-state index in [0.717, 1.165) is 5.76 Å². The maximum absolute atomic E-state index is 12.3. The van der Waals surface area contributed by atoms with E-state index in [1.807, 2.05) is 26.0 Å². The molecule has 0 fully saturated rings. The standard InChI is InChI=1S/C17H16N2O4S/c1-10-5-6-12(23-10)11(2)18-17(21)14-7-8-15(24-14)19-16(20)13-4-3-9-22-13/h3-9,11H,1-2H3,(H,18,21)(H,19,20). The summed E-state index contributed by atoms with van der Waals surface area (Å²) < 4.78 is 10.5. The number of carbonyl (C=O) groups excluding carboxylic acids is 2. The van der Waals surface area contributed by atoms with Gasteiger partial charge in [0.1, 0.15) is 11.5 Å². The molecule has 0 radical (unpaired) electrons. The van der Waals surface area contributed by atoms with Crippen molar-refractivity contribution in [1.82, 2.24) is 5.32 Å². The van der Waals surface area contributed by atoms with E-state index in [0.29, 0.717) is 15.6 Å². The van der Waals surface area contributed by atoms with Gasteiger partial charge in [-0.25, -0.2) is 0 Å². The van der Waals surface area contributed by atoms with E-state index >= 15 is 0 Å². The molecule has 3 heterocycles. The van der Waals surface area contributed by atoms with E-state index in [9.17, 15) is 9.59 Å². The first-order valence-electron chi connectivity index (χ1n) is 7.35. The van der Waals surface area contributed by atoms with Crippen LogP contribution in [0.5, 0.6) is 0 Å². The van der Waals surface area contributed by atoms with Gasteiger partial charge in [0.05, 0.1) is 22.2 Å². The molecule has 2 amide bonds. The largest absolute Gasteiger partial charge is 0.464 e. The Labute approximate surface area is 142 Å². The lowest BCUT2D eigenvalue weighted by Crippen LogP contribution is -2.25. The number of furan rings is 2. The third-order valence-corrected chi connectivity index (χ3v) is 4.35. The third kappa shape index (κ3) is 3.57. The molecule has 2 N–H and O–H groups in total. The zero-order valence-corrected chi connectivity index (χ0v) is 14.0. The van der Waals surface area contributed by atoms with Crippen molar-refractivity contribution in [2.45, 2.75) is 19.9 Å². The Balaban J connectivity index is 1.62. The van der Waals surface area contributed by atoms with Crippen LogP contribution in [-0.4, -0.2) is 11.8 Å². The second-order valence-corrected chi connectivity index (χ2v) is 6.32. The number of aryl methyl sites for hydroxylation is 1. The average Bonchev–Trinajstić information content (AvgIpc) is 3.28. The van der Waals surface area contributed by atoms with Crippen molar-refractivity contribution >= 4 is 28.2 Å². The molecule has 1 atom stereocenters. The molecule has 3 rings (SSSR count). The number of hydrogen-bond donors (Lipinski definition) is 2. The fourth-order valence-electron chi connectivity index (χ4n) is 2.13. The third-order valence-electron chi connectivity index (χ3n) is 3.35. The van der Waals surface area contributed by atoms with Gasteiger partial charge in [-0.2, -0.15) is 0 Å². The van der Waals surface area contributed by atoms with Crippen LogP contribution >= 0.6 is 11.3 Å². The highest BCUT2D eigenvalue weighted by Gasteiger charge is 2.17. The monoisotopic (exact) mass is 344 g/mol. The zero-order chi connectivity index (χ0) is 17.1. The molecule has 0 spiro atoms. The highest BCUT2D eigenvalue weighted by Crippen LogP contribution is 2.24. The zero-order valence-electron chi connectivity index (χ0n) is 13.2. The quantitative estimate of drug-likeness (QED) is 0.733. The number of hydrogen-bond acceptors (Lipinski definition) is 5. The molecule has 24 heavy (non-hydrogen) atoms. The van der Waals surface area contributed by atoms with Gasteiger partial charge in [-0.1, -0.05) is 0 Å². The SMILES string of the molecule is Cc1ccc(C(C)NC(=O)c2ccc(NC(=O)c3ccco3)s2)o1. The van der Waals surface area contributed by atoms with E-state index in [2.05, 4.69) is 10.6 Å². The molecule has 6 nitrogen and oxygen atoms in total. The van der Waals surface area contributed by atoms with Gasteiger partial charge in [0, 0.05) is 0 Å². The minimum Gasteiger partial charge on any atom is -0.464 e. The Kier molecular flexibility index (Phi) is 4.52. The van der Waals surface area contributed by atoms with Crippen LogP contribution in [0.25, 0.3) is 0 Å². The van der Waals surface area contributed by atoms with Crippen LogP contribution < -0.4 is 10.6 Å². The van der Waals surface area contributed by atoms with E-state index in [1.165, 1.54) is 17.6 Å². The lowest BCUT2D eigenvalue weighted by molar-refractivity contribution is 0.0938. The molecule has 0 saturated carbocycles. The summed E-state index contributed by atoms with van der Waals surface area (Å²) in [4.78, 5) is 24.7. The van der Waals surface area contributed by atoms with Crippen LogP contribution in [0.3, 0.4) is 0 Å². The summed E-state index contributed by atoms with van der Waals surface area (Å²) in [5.41, 5.74) is 0. The summed E-state index contributed by atoms with van der Waals surface area (Å²) >= 11 is 1.19. The van der Waals surface area contributed by atoms with Gasteiger partial charge in [-0.3, -0.25) is 9.59 Å². The van der Waals surface area contributed by atoms with Crippen LogP contribution in [0.15, 0.2) is 51.5 Å². The van der Waals surface area contributed by atoms with Crippen LogP contribution in [0.4, 0.5) is 5.00 Å². The molecule has 1 unspecified atom stereocenters. The molecular weight excluding hydrogens is 328 g/mol. The number of rotatable bonds is 5. The second-order valence-electron chi connectivity index (χ2n) is 5.24. The second kappa shape index (κ2) is 6.76. The Hall–Kier alpha value is -2.80. The van der Waals surface area contributed by atoms with Gasteiger partial charge < -0.3 is 19.5 Å². The Morgan fingerprint density at radius 3 is 2.62 bits per heavy atom. The minimum atomic E-state index is -0.353. The van der Waals surface area contributed by atoms with Gasteiger partial charge in [-0.05, 0) is 50.2 Å². The molecule has 0 bridgehead atoms. The minimum absolute atomic E-state index is 0.219. The molecule has 0 aliphatic heterocycles. The molecule has 3 aromatic rings. The highest BCUT2D eigenvalue weighted by molar-refractivity contribution is 7.18. The lowest BCUT2D eigenvalue weighted by Gasteiger charge is -2.10. The number of nitrogens with one attached hydrogen (secondary N) is 2. The predicted octanol–water partition coefficient (Wildman–Crippen LogP) is 3.99. The van der Waals surface area contributed by atoms with E-state index in [4.69, 9.17) is 8.83 Å². The fourth-order valence-corrected chi connectivity index (χ4v) is 2.94. The van der Waals surface area contributed by atoms with Crippen molar-refractivity contribution in [2.24, 2.45) is 0 Å². The molecule has 7 heteroatoms. The summed E-state index contributed by atoms with van der Waals surface area (Å²) in [7, 11) is 0. The van der Waals surface area contributed by atoms with Crippen LogP contribution in [-0.2, 0) is 0 Å². The smallest absolute Gasteiger partial charge is 0.291 e. The van der Waals surface area contributed by atoms with Crippen molar-refractivity contribution in [3.8, 4) is 0 Å². The average molecular weight is 344 g/mol. The van der Waals surface area contributed by atoms with Crippen molar-refractivity contribution in [3.05, 3.63) is 64.8 Å². The summed E-state index contributed by atoms with van der Waals surface area (Å²) in [6.45, 7) is 3.70. The molecule has 124 valence electrons. The van der Waals surface area contributed by atoms with Gasteiger partial charge >= 0.3 is 0 Å². The Bertz CT molecular complexity index is 848. The summed E-state index contributed by atoms with van der Waals surface area (Å²) in [6.07, 6.45) is 1.43. The summed E-state index contributed by atoms with van der Waals surface area (Å²) in [6, 6.07) is 10.0.